The van der Waals surface area contributed by atoms with Crippen LogP contribution in [0.15, 0.2) is 41.8 Å². The van der Waals surface area contributed by atoms with Crippen molar-refractivity contribution in [1.82, 2.24) is 10.2 Å². The van der Waals surface area contributed by atoms with E-state index in [4.69, 9.17) is 4.74 Å². The van der Waals surface area contributed by atoms with Crippen molar-refractivity contribution in [3.05, 3.63) is 53.2 Å². The Morgan fingerprint density at radius 3 is 2.88 bits per heavy atom. The molecule has 1 aromatic carbocycles. The molecule has 1 amide bonds. The van der Waals surface area contributed by atoms with Crippen LogP contribution in [-0.4, -0.2) is 37.2 Å². The lowest BCUT2D eigenvalue weighted by molar-refractivity contribution is 0.191. The largest absolute Gasteiger partial charge is 0.413 e. The molecule has 1 saturated carbocycles. The van der Waals surface area contributed by atoms with E-state index in [-0.39, 0.29) is 5.82 Å². The van der Waals surface area contributed by atoms with Gasteiger partial charge in [-0.15, -0.1) is 11.3 Å². The molecule has 0 spiro atoms. The fraction of sp³-hybridized carbons (Fsp3) is 0.421. The van der Waals surface area contributed by atoms with E-state index in [1.165, 1.54) is 23.3 Å². The van der Waals surface area contributed by atoms with Gasteiger partial charge in [-0.3, -0.25) is 0 Å². The number of rotatable bonds is 5. The van der Waals surface area contributed by atoms with Gasteiger partial charge in [-0.05, 0) is 59.4 Å². The normalized spacial score (nSPS) is 25.2. The minimum atomic E-state index is -0.395. The maximum atomic E-state index is 13.1. The Hall–Kier alpha value is -1.92. The molecule has 1 saturated heterocycles. The molecule has 1 aliphatic heterocycles. The number of nitrogens with one attached hydrogen (secondary N) is 1. The average molecular weight is 360 g/mol. The van der Waals surface area contributed by atoms with Gasteiger partial charge >= 0.3 is 6.09 Å². The summed E-state index contributed by atoms with van der Waals surface area (Å²) in [7, 11) is 0. The second-order valence-electron chi connectivity index (χ2n) is 6.83. The van der Waals surface area contributed by atoms with Gasteiger partial charge in [-0.1, -0.05) is 12.1 Å². The summed E-state index contributed by atoms with van der Waals surface area (Å²) < 4.78 is 18.3. The third-order valence-electron chi connectivity index (χ3n) is 5.32. The van der Waals surface area contributed by atoms with E-state index in [9.17, 15) is 9.18 Å². The molecule has 3 unspecified atom stereocenters. The SMILES string of the molecule is O=C(NCCN1CC2CC(c3ccc(F)cc3)C2C1)Oc1cccs1. The van der Waals surface area contributed by atoms with Crippen molar-refractivity contribution in [3.8, 4) is 5.06 Å². The van der Waals surface area contributed by atoms with Gasteiger partial charge in [0.1, 0.15) is 5.82 Å². The number of hydrogen-bond donors (Lipinski definition) is 1. The van der Waals surface area contributed by atoms with Crippen molar-refractivity contribution >= 4 is 17.4 Å². The summed E-state index contributed by atoms with van der Waals surface area (Å²) in [6.45, 7) is 3.56. The van der Waals surface area contributed by atoms with Crippen LogP contribution in [0.3, 0.4) is 0 Å². The Morgan fingerprint density at radius 2 is 2.12 bits per heavy atom. The van der Waals surface area contributed by atoms with Gasteiger partial charge < -0.3 is 15.0 Å². The van der Waals surface area contributed by atoms with Gasteiger partial charge in [-0.2, -0.15) is 0 Å². The first kappa shape index (κ1) is 16.5. The van der Waals surface area contributed by atoms with Crippen molar-refractivity contribution in [2.75, 3.05) is 26.2 Å². The molecule has 4 nitrogen and oxygen atoms in total. The van der Waals surface area contributed by atoms with E-state index in [2.05, 4.69) is 10.2 Å². The summed E-state index contributed by atoms with van der Waals surface area (Å²) in [6, 6.07) is 10.6. The Kier molecular flexibility index (Phi) is 4.72. The fourth-order valence-corrected chi connectivity index (χ4v) is 4.61. The monoisotopic (exact) mass is 360 g/mol. The van der Waals surface area contributed by atoms with Gasteiger partial charge in [0.05, 0.1) is 0 Å². The van der Waals surface area contributed by atoms with Crippen molar-refractivity contribution < 1.29 is 13.9 Å². The quantitative estimate of drug-likeness (QED) is 0.884. The first-order valence-corrected chi connectivity index (χ1v) is 9.54. The fourth-order valence-electron chi connectivity index (χ4n) is 4.04. The van der Waals surface area contributed by atoms with Gasteiger partial charge in [0.2, 0.25) is 0 Å². The van der Waals surface area contributed by atoms with Crippen molar-refractivity contribution in [1.29, 1.82) is 0 Å². The number of carbonyl (C=O) groups excluding carboxylic acids is 1. The standard InChI is InChI=1S/C19H21FN2O2S/c20-15-5-3-13(4-6-15)16-10-14-11-22(12-17(14)16)8-7-21-19(23)24-18-2-1-9-25-18/h1-6,9,14,16-17H,7-8,10-12H2,(H,21,23). The van der Waals surface area contributed by atoms with Crippen LogP contribution >= 0.6 is 11.3 Å². The molecule has 1 aliphatic carbocycles. The zero-order valence-electron chi connectivity index (χ0n) is 13.9. The number of ether oxygens (including phenoxy) is 1. The highest BCUT2D eigenvalue weighted by Gasteiger charge is 2.47. The molecule has 2 aliphatic rings. The van der Waals surface area contributed by atoms with Gasteiger partial charge in [-0.25, -0.2) is 9.18 Å². The molecule has 4 rings (SSSR count). The van der Waals surface area contributed by atoms with Crippen LogP contribution in [0.1, 0.15) is 17.9 Å². The zero-order valence-corrected chi connectivity index (χ0v) is 14.7. The van der Waals surface area contributed by atoms with Crippen LogP contribution in [0.5, 0.6) is 5.06 Å². The topological polar surface area (TPSA) is 41.6 Å². The first-order valence-electron chi connectivity index (χ1n) is 8.66. The van der Waals surface area contributed by atoms with Crippen LogP contribution < -0.4 is 10.1 Å². The van der Waals surface area contributed by atoms with E-state index in [0.717, 1.165) is 25.6 Å². The van der Waals surface area contributed by atoms with E-state index >= 15 is 0 Å². The number of benzene rings is 1. The second-order valence-corrected chi connectivity index (χ2v) is 7.74. The Labute approximate surface area is 150 Å². The maximum Gasteiger partial charge on any atom is 0.413 e. The van der Waals surface area contributed by atoms with Gasteiger partial charge in [0.15, 0.2) is 5.06 Å². The number of fused-ring (bicyclic) bond motifs is 1. The molecule has 2 fully saturated rings. The third kappa shape index (κ3) is 3.70. The summed E-state index contributed by atoms with van der Waals surface area (Å²) in [4.78, 5) is 14.1. The second kappa shape index (κ2) is 7.14. The molecule has 0 radical (unpaired) electrons. The highest BCUT2D eigenvalue weighted by molar-refractivity contribution is 7.11. The number of nitrogens with zero attached hydrogens (tertiary/aromatic N) is 1. The third-order valence-corrected chi connectivity index (χ3v) is 6.07. The van der Waals surface area contributed by atoms with Gasteiger partial charge in [0, 0.05) is 26.2 Å². The molecular formula is C19H21FN2O2S. The number of amides is 1. The lowest BCUT2D eigenvalue weighted by Crippen LogP contribution is -2.35. The summed E-state index contributed by atoms with van der Waals surface area (Å²) in [5.41, 5.74) is 1.25. The summed E-state index contributed by atoms with van der Waals surface area (Å²) in [6.07, 6.45) is 0.787. The Morgan fingerprint density at radius 1 is 1.28 bits per heavy atom. The summed E-state index contributed by atoms with van der Waals surface area (Å²) >= 11 is 1.40. The molecule has 25 heavy (non-hydrogen) atoms. The van der Waals surface area contributed by atoms with E-state index in [1.54, 1.807) is 18.2 Å². The molecule has 2 aromatic rings. The predicted octanol–water partition coefficient (Wildman–Crippen LogP) is 3.71. The average Bonchev–Trinajstić information content (AvgIpc) is 3.19. The maximum absolute atomic E-state index is 13.1. The molecular weight excluding hydrogens is 339 g/mol. The van der Waals surface area contributed by atoms with Crippen LogP contribution in [-0.2, 0) is 0 Å². The molecule has 132 valence electrons. The van der Waals surface area contributed by atoms with Crippen molar-refractivity contribution in [3.63, 3.8) is 0 Å². The van der Waals surface area contributed by atoms with E-state index < -0.39 is 6.09 Å². The zero-order chi connectivity index (χ0) is 17.2. The number of thiophene rings is 1. The minimum absolute atomic E-state index is 0.173. The summed E-state index contributed by atoms with van der Waals surface area (Å²) in [5.74, 6) is 1.76. The highest BCUT2D eigenvalue weighted by atomic mass is 32.1. The lowest BCUT2D eigenvalue weighted by Gasteiger charge is -2.40. The highest BCUT2D eigenvalue weighted by Crippen LogP contribution is 2.51. The molecule has 1 N–H and O–H groups in total. The number of hydrogen-bond acceptors (Lipinski definition) is 4. The van der Waals surface area contributed by atoms with Crippen LogP contribution in [0.2, 0.25) is 0 Å². The number of likely N-dealkylation sites (tertiary alicyclic amines) is 1. The number of halogens is 1. The smallest absolute Gasteiger partial charge is 0.399 e. The van der Waals surface area contributed by atoms with Crippen LogP contribution in [0.4, 0.5) is 9.18 Å². The predicted molar refractivity (Wildman–Crippen MR) is 95.5 cm³/mol. The number of carbonyl (C=O) groups is 1. The lowest BCUT2D eigenvalue weighted by atomic mass is 9.64. The molecule has 1 aromatic heterocycles. The van der Waals surface area contributed by atoms with Gasteiger partial charge in [0.25, 0.3) is 0 Å². The van der Waals surface area contributed by atoms with Crippen LogP contribution in [0.25, 0.3) is 0 Å². The molecule has 2 heterocycles. The Bertz CT molecular complexity index is 720. The first-order chi connectivity index (χ1) is 12.2. The Balaban J connectivity index is 1.21. The van der Waals surface area contributed by atoms with Crippen molar-refractivity contribution in [2.45, 2.75) is 12.3 Å². The van der Waals surface area contributed by atoms with E-state index in [0.29, 0.717) is 23.4 Å². The van der Waals surface area contributed by atoms with Crippen LogP contribution in [0, 0.1) is 17.7 Å². The van der Waals surface area contributed by atoms with E-state index in [1.807, 2.05) is 23.6 Å². The molecule has 0 bridgehead atoms. The minimum Gasteiger partial charge on any atom is -0.399 e. The molecule has 3 atom stereocenters. The molecule has 6 heteroatoms. The summed E-state index contributed by atoms with van der Waals surface area (Å²) in [5, 5.41) is 5.29. The van der Waals surface area contributed by atoms with Crippen molar-refractivity contribution in [2.24, 2.45) is 11.8 Å².